The third kappa shape index (κ3) is 41.5. The van der Waals surface area contributed by atoms with Gasteiger partial charge >= 0.3 is 5.97 Å². The molecule has 138 heavy (non-hydrogen) atoms. The molecule has 18 atom stereocenters. The van der Waals surface area contributed by atoms with Crippen molar-refractivity contribution in [2.24, 2.45) is 40.5 Å². The minimum atomic E-state index is -2.01. The van der Waals surface area contributed by atoms with Crippen LogP contribution in [0.5, 0.6) is 0 Å². The standard InChI is InChI=1S/C90H134N24O24/c1-47(2)37-60(104-73(122)56(91)44-115)76(125)111-67(46-117)83(132)113-72(51(7)119)86(135)109-63(41-54-27-17-11-18-28-54)79(128)105-61(39-52-23-13-9-14-24-52)77(126)103-59(32-22-36-99-90(96)97)87(136)114(8)68(38-48(3)4)84(133)108-62(40-53-25-15-10-16-26-53)78(127)107-65(43-70(93)121)80(129)101-57(31-21-35-98-89(94)95)75(124)110-66(45-116)82(131)106-64(42-55-29-19-12-20-30-55)81(130)112-71(50(6)118)85(134)102-58(33-34-69(92)120)74(123)100-49(5)88(137)138/h9-20,23-30,47-51,56-68,71-72,115-119H,21-22,31-46,91H2,1-8H3,(H2,92,120)(H2,93,121)(H,100,123)(H,101,129)(H,102,134)(H,103,126)(H,104,122)(H,105,128)(H,106,131)(H,107,127)(H,108,133)(H,109,135)(H,110,124)(H,111,125)(H,112,130)(H,113,132)(H,137,138)(H4,94,95,98)(H4,96,97,99)/t49-,50+,51+,56-,57-,58-,59-,60-,61-,62-,63-,64-,65-,66-,67-,68-,71-,72-/m0/s1. The van der Waals surface area contributed by atoms with Gasteiger partial charge in [0.15, 0.2) is 11.9 Å². The number of benzene rings is 4. The summed E-state index contributed by atoms with van der Waals surface area (Å²) in [5.41, 5.74) is 29.5. The number of carbonyl (C=O) groups is 18. The monoisotopic (exact) mass is 1940 g/mol. The Morgan fingerprint density at radius 3 is 1.00 bits per heavy atom. The van der Waals surface area contributed by atoms with Crippen LogP contribution >= 0.6 is 0 Å². The van der Waals surface area contributed by atoms with Crippen molar-refractivity contribution in [3.05, 3.63) is 144 Å². The Morgan fingerprint density at radius 2 is 0.638 bits per heavy atom. The minimum Gasteiger partial charge on any atom is -0.480 e. The summed E-state index contributed by atoms with van der Waals surface area (Å²) >= 11 is 0. The van der Waals surface area contributed by atoms with Crippen LogP contribution < -0.4 is 114 Å². The number of aliphatic carboxylic acids is 1. The first-order valence-electron chi connectivity index (χ1n) is 44.7. The van der Waals surface area contributed by atoms with Gasteiger partial charge in [-0.1, -0.05) is 149 Å². The predicted molar refractivity (Wildman–Crippen MR) is 500 cm³/mol. The second-order valence-corrected chi connectivity index (χ2v) is 34.0. The number of hydrogen-bond donors (Lipinski definition) is 29. The van der Waals surface area contributed by atoms with Crippen LogP contribution in [-0.2, 0) is 112 Å². The summed E-state index contributed by atoms with van der Waals surface area (Å²) in [6.07, 6.45) is -7.71. The van der Waals surface area contributed by atoms with Crippen molar-refractivity contribution in [3.8, 4) is 0 Å². The lowest BCUT2D eigenvalue weighted by Crippen LogP contribution is -2.63. The number of amides is 17. The maximum atomic E-state index is 15.5. The van der Waals surface area contributed by atoms with Crippen LogP contribution in [0.3, 0.4) is 0 Å². The highest BCUT2D eigenvalue weighted by Gasteiger charge is 2.42. The van der Waals surface area contributed by atoms with Crippen LogP contribution in [0, 0.1) is 22.7 Å². The number of likely N-dealkylation sites (N-methyl/N-ethyl adjacent to an activating group) is 1. The van der Waals surface area contributed by atoms with Gasteiger partial charge in [-0.3, -0.25) is 97.1 Å². The summed E-state index contributed by atoms with van der Waals surface area (Å²) in [6, 6.07) is 5.02. The highest BCUT2D eigenvalue weighted by Crippen LogP contribution is 2.19. The molecule has 0 aromatic heterocycles. The molecule has 0 saturated heterocycles. The molecule has 48 nitrogen and oxygen atoms in total. The van der Waals surface area contributed by atoms with Crippen LogP contribution in [0.25, 0.3) is 0 Å². The second-order valence-electron chi connectivity index (χ2n) is 34.0. The van der Waals surface area contributed by atoms with Gasteiger partial charge in [0.05, 0.1) is 38.4 Å². The van der Waals surface area contributed by atoms with E-state index in [4.69, 9.17) is 39.5 Å². The number of nitrogens with zero attached hydrogens (tertiary/aromatic N) is 1. The number of aliphatic hydroxyl groups excluding tert-OH is 5. The highest BCUT2D eigenvalue weighted by molar-refractivity contribution is 6.02. The number of nitrogens with two attached hydrogens (primary N) is 5. The summed E-state index contributed by atoms with van der Waals surface area (Å²) in [7, 11) is 1.24. The fourth-order valence-corrected chi connectivity index (χ4v) is 13.9. The van der Waals surface area contributed by atoms with Gasteiger partial charge in [-0.15, -0.1) is 0 Å². The van der Waals surface area contributed by atoms with Crippen molar-refractivity contribution in [3.63, 3.8) is 0 Å². The maximum Gasteiger partial charge on any atom is 0.325 e. The number of carboxylic acid groups (broad SMARTS) is 1. The molecule has 0 bridgehead atoms. The normalized spacial score (nSPS) is 15.0. The molecule has 0 fully saturated rings. The Kier molecular flexibility index (Phi) is 50.0. The third-order valence-corrected chi connectivity index (χ3v) is 21.4. The lowest BCUT2D eigenvalue weighted by atomic mass is 9.98. The molecule has 758 valence electrons. The van der Waals surface area contributed by atoms with Crippen molar-refractivity contribution in [2.75, 3.05) is 40.0 Å². The highest BCUT2D eigenvalue weighted by atomic mass is 16.4. The fraction of sp³-hybridized carbons (Fsp3) is 0.511. The van der Waals surface area contributed by atoms with E-state index in [1.54, 1.807) is 149 Å². The van der Waals surface area contributed by atoms with E-state index in [9.17, 15) is 93.0 Å². The lowest BCUT2D eigenvalue weighted by molar-refractivity contribution is -0.143. The van der Waals surface area contributed by atoms with Crippen LogP contribution in [-0.4, -0.2) is 303 Å². The number of guanidine groups is 2. The topological polar surface area (TPSA) is 802 Å². The molecule has 4 aromatic carbocycles. The molecule has 0 aliphatic carbocycles. The summed E-state index contributed by atoms with van der Waals surface area (Å²) in [4.78, 5) is 254. The number of hydrogen-bond acceptors (Lipinski definition) is 26. The molecule has 0 spiro atoms. The van der Waals surface area contributed by atoms with Crippen LogP contribution in [0.1, 0.15) is 129 Å². The van der Waals surface area contributed by atoms with E-state index in [-0.39, 0.29) is 76.8 Å². The van der Waals surface area contributed by atoms with Crippen molar-refractivity contribution < 1.29 is 117 Å². The van der Waals surface area contributed by atoms with E-state index in [1.165, 1.54) is 7.05 Å². The van der Waals surface area contributed by atoms with E-state index in [0.29, 0.717) is 22.3 Å². The Bertz CT molecular complexity index is 4760. The maximum absolute atomic E-state index is 15.5. The molecular formula is C90H134N24O24. The lowest BCUT2D eigenvalue weighted by Gasteiger charge is -2.33. The number of carboxylic acids is 1. The van der Waals surface area contributed by atoms with Crippen molar-refractivity contribution in [1.29, 1.82) is 10.8 Å². The number of carbonyl (C=O) groups excluding carboxylic acids is 17. The summed E-state index contributed by atoms with van der Waals surface area (Å²) < 4.78 is 0. The molecule has 0 aliphatic rings. The molecule has 0 radical (unpaired) electrons. The fourth-order valence-electron chi connectivity index (χ4n) is 13.9. The zero-order valence-electron chi connectivity index (χ0n) is 78.2. The third-order valence-electron chi connectivity index (χ3n) is 21.4. The SMILES string of the molecule is CC(C)C[C@H](NC(=O)[C@@H](N)CO)C(=O)N[C@@H](CO)C(=O)N[C@H](C(=O)N[C@@H](Cc1ccccc1)C(=O)N[C@@H](Cc1ccccc1)C(=O)N[C@@H](CCCNC(=N)N)C(=O)N(C)[C@@H](CC(C)C)C(=O)N[C@@H](Cc1ccccc1)C(=O)N[C@@H](CC(N)=O)C(=O)N[C@@H](CCCNC(=N)N)C(=O)N[C@@H](CO)C(=O)N[C@@H](Cc1ccccc1)C(=O)N[C@H](C(=O)N[C@@H](CCC(N)=O)C(=O)N[C@@H](C)C(=O)O)[C@@H](C)O)[C@@H](C)O. The van der Waals surface area contributed by atoms with Gasteiger partial charge in [0.25, 0.3) is 0 Å². The Labute approximate surface area is 797 Å². The largest absolute Gasteiger partial charge is 0.480 e. The molecule has 48 heteroatoms. The first kappa shape index (κ1) is 116. The Hall–Kier alpha value is -14.4. The average molecular weight is 1940 g/mol. The summed E-state index contributed by atoms with van der Waals surface area (Å²) in [6.45, 7) is 6.93. The van der Waals surface area contributed by atoms with Gasteiger partial charge in [0.2, 0.25) is 100 Å². The molecular weight excluding hydrogens is 1800 g/mol. The Morgan fingerprint density at radius 1 is 0.341 bits per heavy atom. The molecule has 4 rings (SSSR count). The van der Waals surface area contributed by atoms with Crippen molar-refractivity contribution >= 4 is 118 Å². The zero-order chi connectivity index (χ0) is 103. The van der Waals surface area contributed by atoms with Gasteiger partial charge in [-0.2, -0.15) is 0 Å². The molecule has 0 unspecified atom stereocenters. The molecule has 4 aromatic rings. The number of primary amides is 2. The van der Waals surface area contributed by atoms with Crippen LogP contribution in [0.2, 0.25) is 0 Å². The van der Waals surface area contributed by atoms with Gasteiger partial charge in [-0.25, -0.2) is 0 Å². The second kappa shape index (κ2) is 59.5. The van der Waals surface area contributed by atoms with Crippen molar-refractivity contribution in [2.45, 2.75) is 241 Å². The van der Waals surface area contributed by atoms with Crippen LogP contribution in [0.15, 0.2) is 121 Å². The van der Waals surface area contributed by atoms with E-state index >= 15 is 24.0 Å². The molecule has 0 aliphatic heterocycles. The Balaban J connectivity index is 1.73. The van der Waals surface area contributed by atoms with E-state index < -0.39 is 279 Å². The van der Waals surface area contributed by atoms with Gasteiger partial charge < -0.3 is 149 Å². The molecule has 34 N–H and O–H groups in total. The number of nitrogens with one attached hydrogen (secondary N) is 18. The van der Waals surface area contributed by atoms with Gasteiger partial charge in [0.1, 0.15) is 96.7 Å². The quantitative estimate of drug-likeness (QED) is 0.0111. The van der Waals surface area contributed by atoms with Gasteiger partial charge in [-0.05, 0) is 99.8 Å². The average Bonchev–Trinajstić information content (AvgIpc) is 0.849. The number of rotatable bonds is 61. The van der Waals surface area contributed by atoms with E-state index in [0.717, 1.165) is 25.7 Å². The molecule has 0 saturated carbocycles. The van der Waals surface area contributed by atoms with Gasteiger partial charge in [0, 0.05) is 52.2 Å². The summed E-state index contributed by atoms with van der Waals surface area (Å²) in [5, 5.41) is 117. The first-order chi connectivity index (χ1) is 65.2. The van der Waals surface area contributed by atoms with E-state index in [1.807, 2.05) is 0 Å². The molecule has 17 amide bonds. The summed E-state index contributed by atoms with van der Waals surface area (Å²) in [5.74, 6) is -21.8. The van der Waals surface area contributed by atoms with Crippen LogP contribution in [0.4, 0.5) is 0 Å². The van der Waals surface area contributed by atoms with E-state index in [2.05, 4.69) is 85.1 Å². The van der Waals surface area contributed by atoms with Crippen molar-refractivity contribution in [1.82, 2.24) is 90.0 Å². The predicted octanol–water partition coefficient (Wildman–Crippen LogP) is -8.50. The number of aliphatic hydroxyl groups is 5. The smallest absolute Gasteiger partial charge is 0.325 e. The molecule has 0 heterocycles. The first-order valence-corrected chi connectivity index (χ1v) is 44.7. The minimum absolute atomic E-state index is 0.00471. The zero-order valence-corrected chi connectivity index (χ0v) is 78.2.